The summed E-state index contributed by atoms with van der Waals surface area (Å²) in [5.41, 5.74) is 7.09. The molecule has 1 heterocycles. The van der Waals surface area contributed by atoms with E-state index < -0.39 is 15.9 Å². The molecule has 1 fully saturated rings. The average Bonchev–Trinajstić information content (AvgIpc) is 2.64. The third kappa shape index (κ3) is 6.02. The lowest BCUT2D eigenvalue weighted by Gasteiger charge is -2.31. The number of carbonyl (C=O) groups excluding carboxylic acids is 1. The number of rotatable bonds is 5. The van der Waals surface area contributed by atoms with Gasteiger partial charge in [0.1, 0.15) is 0 Å². The molecule has 3 N–H and O–H groups in total. The van der Waals surface area contributed by atoms with Crippen LogP contribution in [-0.2, 0) is 14.8 Å². The highest BCUT2D eigenvalue weighted by atomic mass is 32.2. The Morgan fingerprint density at radius 3 is 2.59 bits per heavy atom. The van der Waals surface area contributed by atoms with Gasteiger partial charge in [0.15, 0.2) is 5.11 Å². The van der Waals surface area contributed by atoms with Crippen LogP contribution in [0.4, 0.5) is 0 Å². The summed E-state index contributed by atoms with van der Waals surface area (Å²) in [6.45, 7) is 8.59. The first-order chi connectivity index (χ1) is 12.7. The maximum absolute atomic E-state index is 12.8. The SMILES string of the molecule is C=C(C)CNC(=S)NNC(=O)[C@@H]1CCCN(S(=O)(=O)c2ccc(C)cc2)C1. The van der Waals surface area contributed by atoms with Crippen molar-refractivity contribution in [2.75, 3.05) is 19.6 Å². The molecule has 1 aliphatic rings. The molecule has 27 heavy (non-hydrogen) atoms. The lowest BCUT2D eigenvalue weighted by Crippen LogP contribution is -2.52. The van der Waals surface area contributed by atoms with E-state index in [1.54, 1.807) is 24.3 Å². The number of benzene rings is 1. The van der Waals surface area contributed by atoms with E-state index in [0.29, 0.717) is 25.9 Å². The molecule has 1 atom stereocenters. The van der Waals surface area contributed by atoms with E-state index in [0.717, 1.165) is 11.1 Å². The average molecular weight is 411 g/mol. The van der Waals surface area contributed by atoms with Gasteiger partial charge in [0.25, 0.3) is 0 Å². The Labute approximate surface area is 166 Å². The Bertz CT molecular complexity index is 806. The van der Waals surface area contributed by atoms with Gasteiger partial charge in [-0.05, 0) is 51.0 Å². The number of nitrogens with one attached hydrogen (secondary N) is 3. The molecule has 9 heteroatoms. The zero-order chi connectivity index (χ0) is 20.0. The number of hydrogen-bond acceptors (Lipinski definition) is 4. The van der Waals surface area contributed by atoms with Crippen LogP contribution in [0.25, 0.3) is 0 Å². The van der Waals surface area contributed by atoms with Crippen LogP contribution in [0, 0.1) is 12.8 Å². The van der Waals surface area contributed by atoms with Gasteiger partial charge in [-0.15, -0.1) is 0 Å². The third-order valence-corrected chi connectivity index (χ3v) is 6.39. The summed E-state index contributed by atoms with van der Waals surface area (Å²) >= 11 is 5.06. The fraction of sp³-hybridized carbons (Fsp3) is 0.444. The molecule has 1 aromatic carbocycles. The molecular formula is C18H26N4O3S2. The first-order valence-corrected chi connectivity index (χ1v) is 10.6. The highest BCUT2D eigenvalue weighted by molar-refractivity contribution is 7.89. The highest BCUT2D eigenvalue weighted by Gasteiger charge is 2.33. The molecule has 2 rings (SSSR count). The normalized spacial score (nSPS) is 17.8. The van der Waals surface area contributed by atoms with E-state index >= 15 is 0 Å². The van der Waals surface area contributed by atoms with Crippen molar-refractivity contribution in [1.29, 1.82) is 0 Å². The van der Waals surface area contributed by atoms with Crippen molar-refractivity contribution in [3.63, 3.8) is 0 Å². The van der Waals surface area contributed by atoms with Crippen LogP contribution in [0.2, 0.25) is 0 Å². The summed E-state index contributed by atoms with van der Waals surface area (Å²) < 4.78 is 27.0. The van der Waals surface area contributed by atoms with Crippen LogP contribution in [0.3, 0.4) is 0 Å². The van der Waals surface area contributed by atoms with Gasteiger partial charge in [-0.3, -0.25) is 15.6 Å². The summed E-state index contributed by atoms with van der Waals surface area (Å²) in [6, 6.07) is 6.73. The van der Waals surface area contributed by atoms with Crippen LogP contribution in [0.1, 0.15) is 25.3 Å². The topological polar surface area (TPSA) is 90.5 Å². The maximum atomic E-state index is 12.8. The van der Waals surface area contributed by atoms with Crippen LogP contribution in [-0.4, -0.2) is 43.4 Å². The second-order valence-corrected chi connectivity index (χ2v) is 9.12. The van der Waals surface area contributed by atoms with E-state index in [9.17, 15) is 13.2 Å². The van der Waals surface area contributed by atoms with Crippen molar-refractivity contribution in [2.24, 2.45) is 5.92 Å². The molecule has 1 amide bonds. The summed E-state index contributed by atoms with van der Waals surface area (Å²) in [4.78, 5) is 12.6. The first-order valence-electron chi connectivity index (χ1n) is 8.75. The zero-order valence-electron chi connectivity index (χ0n) is 15.6. The van der Waals surface area contributed by atoms with E-state index in [2.05, 4.69) is 22.7 Å². The molecule has 7 nitrogen and oxygen atoms in total. The monoisotopic (exact) mass is 410 g/mol. The number of nitrogens with zero attached hydrogens (tertiary/aromatic N) is 1. The standard InChI is InChI=1S/C18H26N4O3S2/c1-13(2)11-19-18(26)21-20-17(23)15-5-4-10-22(12-15)27(24,25)16-8-6-14(3)7-9-16/h6-9,15H,1,4-5,10-12H2,2-3H3,(H,20,23)(H2,19,21,26)/t15-/m1/s1. The second kappa shape index (κ2) is 9.29. The molecule has 0 saturated carbocycles. The van der Waals surface area contributed by atoms with E-state index in [4.69, 9.17) is 12.2 Å². The quantitative estimate of drug-likeness (QED) is 0.387. The van der Waals surface area contributed by atoms with Crippen LogP contribution in [0.5, 0.6) is 0 Å². The molecule has 0 radical (unpaired) electrons. The van der Waals surface area contributed by atoms with Crippen molar-refractivity contribution >= 4 is 33.3 Å². The largest absolute Gasteiger partial charge is 0.358 e. The van der Waals surface area contributed by atoms with E-state index in [1.807, 2.05) is 13.8 Å². The molecule has 1 aliphatic heterocycles. The fourth-order valence-electron chi connectivity index (χ4n) is 2.73. The minimum Gasteiger partial charge on any atom is -0.358 e. The summed E-state index contributed by atoms with van der Waals surface area (Å²) in [6.07, 6.45) is 1.25. The van der Waals surface area contributed by atoms with Gasteiger partial charge in [0.2, 0.25) is 15.9 Å². The smallest absolute Gasteiger partial charge is 0.243 e. The van der Waals surface area contributed by atoms with Gasteiger partial charge in [0, 0.05) is 19.6 Å². The predicted octanol–water partition coefficient (Wildman–Crippen LogP) is 1.47. The van der Waals surface area contributed by atoms with Crippen LogP contribution in [0.15, 0.2) is 41.3 Å². The van der Waals surface area contributed by atoms with Crippen LogP contribution < -0.4 is 16.2 Å². The zero-order valence-corrected chi connectivity index (χ0v) is 17.3. The highest BCUT2D eigenvalue weighted by Crippen LogP contribution is 2.24. The number of amides is 1. The minimum absolute atomic E-state index is 0.148. The molecule has 1 saturated heterocycles. The number of aryl methyl sites for hydroxylation is 1. The van der Waals surface area contributed by atoms with E-state index in [1.165, 1.54) is 4.31 Å². The summed E-state index contributed by atoms with van der Waals surface area (Å²) in [5.74, 6) is -0.714. The number of sulfonamides is 1. The van der Waals surface area contributed by atoms with Crippen molar-refractivity contribution in [1.82, 2.24) is 20.5 Å². The molecule has 0 aliphatic carbocycles. The molecular weight excluding hydrogens is 384 g/mol. The van der Waals surface area contributed by atoms with E-state index in [-0.39, 0.29) is 22.5 Å². The van der Waals surface area contributed by atoms with Crippen molar-refractivity contribution in [3.05, 3.63) is 42.0 Å². The van der Waals surface area contributed by atoms with Gasteiger partial charge in [-0.25, -0.2) is 8.42 Å². The number of hydrogen-bond donors (Lipinski definition) is 3. The molecule has 148 valence electrons. The molecule has 0 unspecified atom stereocenters. The van der Waals surface area contributed by atoms with Crippen molar-refractivity contribution in [2.45, 2.75) is 31.6 Å². The molecule has 1 aromatic rings. The molecule has 0 aromatic heterocycles. The van der Waals surface area contributed by atoms with Crippen LogP contribution >= 0.6 is 12.2 Å². The van der Waals surface area contributed by atoms with Gasteiger partial charge >= 0.3 is 0 Å². The Kier molecular flexibility index (Phi) is 7.34. The lowest BCUT2D eigenvalue weighted by molar-refractivity contribution is -0.126. The predicted molar refractivity (Wildman–Crippen MR) is 109 cm³/mol. The fourth-order valence-corrected chi connectivity index (χ4v) is 4.38. The van der Waals surface area contributed by atoms with Crippen molar-refractivity contribution < 1.29 is 13.2 Å². The number of hydrazine groups is 1. The Balaban J connectivity index is 1.94. The molecule has 0 bridgehead atoms. The van der Waals surface area contributed by atoms with Gasteiger partial charge in [-0.2, -0.15) is 4.31 Å². The number of carbonyl (C=O) groups is 1. The van der Waals surface area contributed by atoms with Gasteiger partial charge in [0.05, 0.1) is 10.8 Å². The Morgan fingerprint density at radius 1 is 1.30 bits per heavy atom. The van der Waals surface area contributed by atoms with Gasteiger partial charge < -0.3 is 5.32 Å². The number of piperidine rings is 1. The summed E-state index contributed by atoms with van der Waals surface area (Å²) in [5, 5.41) is 3.18. The van der Waals surface area contributed by atoms with Gasteiger partial charge in [-0.1, -0.05) is 29.8 Å². The minimum atomic E-state index is -3.61. The lowest BCUT2D eigenvalue weighted by atomic mass is 9.99. The molecule has 0 spiro atoms. The number of thiocarbonyl (C=S) groups is 1. The van der Waals surface area contributed by atoms with Crippen molar-refractivity contribution in [3.8, 4) is 0 Å². The Hall–Kier alpha value is -1.97. The second-order valence-electron chi connectivity index (χ2n) is 6.77. The first kappa shape index (κ1) is 21.3. The summed E-state index contributed by atoms with van der Waals surface area (Å²) in [7, 11) is -3.61. The Morgan fingerprint density at radius 2 is 1.96 bits per heavy atom. The maximum Gasteiger partial charge on any atom is 0.243 e. The third-order valence-electron chi connectivity index (χ3n) is 4.26.